The van der Waals surface area contributed by atoms with Gasteiger partial charge in [0.25, 0.3) is 5.91 Å². The van der Waals surface area contributed by atoms with Crippen LogP contribution in [-0.2, 0) is 0 Å². The van der Waals surface area contributed by atoms with E-state index in [1.54, 1.807) is 6.07 Å². The highest BCUT2D eigenvalue weighted by Gasteiger charge is 2.20. The van der Waals surface area contributed by atoms with Crippen LogP contribution in [0.25, 0.3) is 0 Å². The number of aromatic nitrogens is 1. The molecule has 104 valence electrons. The lowest BCUT2D eigenvalue weighted by molar-refractivity contribution is 0.0938. The Labute approximate surface area is 114 Å². The van der Waals surface area contributed by atoms with Gasteiger partial charge in [-0.1, -0.05) is 26.2 Å². The van der Waals surface area contributed by atoms with E-state index in [0.29, 0.717) is 18.0 Å². The zero-order valence-electron chi connectivity index (χ0n) is 11.4. The maximum absolute atomic E-state index is 11.9. The molecule has 1 heterocycles. The number of hydrogen-bond acceptors (Lipinski definition) is 3. The summed E-state index contributed by atoms with van der Waals surface area (Å²) in [7, 11) is 0. The van der Waals surface area contributed by atoms with Crippen molar-refractivity contribution in [2.24, 2.45) is 11.8 Å². The van der Waals surface area contributed by atoms with Gasteiger partial charge in [0, 0.05) is 12.7 Å². The Morgan fingerprint density at radius 2 is 2.05 bits per heavy atom. The van der Waals surface area contributed by atoms with Crippen LogP contribution >= 0.6 is 0 Å². The van der Waals surface area contributed by atoms with Gasteiger partial charge in [-0.3, -0.25) is 9.78 Å². The molecule has 1 aromatic rings. The van der Waals surface area contributed by atoms with Gasteiger partial charge >= 0.3 is 0 Å². The van der Waals surface area contributed by atoms with Crippen LogP contribution in [0.2, 0.25) is 0 Å². The maximum Gasteiger partial charge on any atom is 0.255 e. The predicted octanol–water partition coefficient (Wildman–Crippen LogP) is 2.73. The predicted molar refractivity (Wildman–Crippen MR) is 74.0 cm³/mol. The number of carbonyl (C=O) groups is 1. The molecule has 0 bridgehead atoms. The highest BCUT2D eigenvalue weighted by molar-refractivity contribution is 5.96. The number of amides is 1. The molecule has 1 aromatic heterocycles. The van der Waals surface area contributed by atoms with Crippen LogP contribution in [0.3, 0.4) is 0 Å². The first-order chi connectivity index (χ1) is 9.20. The monoisotopic (exact) mass is 262 g/mol. The zero-order chi connectivity index (χ0) is 13.7. The molecule has 0 aromatic carbocycles. The summed E-state index contributed by atoms with van der Waals surface area (Å²) in [5.74, 6) is 1.18. The van der Waals surface area contributed by atoms with Crippen molar-refractivity contribution in [3.05, 3.63) is 24.0 Å². The summed E-state index contributed by atoms with van der Waals surface area (Å²) >= 11 is 0. The summed E-state index contributed by atoms with van der Waals surface area (Å²) in [6.45, 7) is 2.95. The van der Waals surface area contributed by atoms with Crippen molar-refractivity contribution >= 4 is 5.91 Å². The number of carbonyl (C=O) groups excluding carboxylic acids is 1. The summed E-state index contributed by atoms with van der Waals surface area (Å²) in [5.41, 5.74) is 0.303. The van der Waals surface area contributed by atoms with Crippen LogP contribution < -0.4 is 5.32 Å². The largest absolute Gasteiger partial charge is 0.505 e. The van der Waals surface area contributed by atoms with Gasteiger partial charge < -0.3 is 10.4 Å². The van der Waals surface area contributed by atoms with E-state index in [2.05, 4.69) is 17.2 Å². The molecule has 0 spiro atoms. The molecule has 0 saturated heterocycles. The van der Waals surface area contributed by atoms with E-state index >= 15 is 0 Å². The lowest BCUT2D eigenvalue weighted by Crippen LogP contribution is -2.31. The molecule has 0 unspecified atom stereocenters. The first-order valence-electron chi connectivity index (χ1n) is 7.11. The van der Waals surface area contributed by atoms with Gasteiger partial charge in [-0.25, -0.2) is 0 Å². The molecule has 1 fully saturated rings. The second kappa shape index (κ2) is 6.55. The van der Waals surface area contributed by atoms with Crippen LogP contribution in [0.4, 0.5) is 0 Å². The number of hydrogen-bond donors (Lipinski definition) is 2. The number of nitrogens with zero attached hydrogens (tertiary/aromatic N) is 1. The van der Waals surface area contributed by atoms with Crippen molar-refractivity contribution < 1.29 is 9.90 Å². The van der Waals surface area contributed by atoms with Crippen LogP contribution in [0.5, 0.6) is 5.75 Å². The highest BCUT2D eigenvalue weighted by atomic mass is 16.3. The summed E-state index contributed by atoms with van der Waals surface area (Å²) in [6, 6.07) is 1.54. The molecule has 1 aliphatic rings. The normalized spacial score (nSPS) is 23.0. The van der Waals surface area contributed by atoms with E-state index in [1.165, 1.54) is 44.5 Å². The Bertz CT molecular complexity index is 426. The van der Waals surface area contributed by atoms with E-state index in [9.17, 15) is 9.90 Å². The zero-order valence-corrected chi connectivity index (χ0v) is 11.4. The topological polar surface area (TPSA) is 62.2 Å². The lowest BCUT2D eigenvalue weighted by Gasteiger charge is -2.27. The standard InChI is InChI=1S/C15H22N2O2/c1-2-11-3-5-12(6-4-11)9-17-15(19)13-7-8-16-10-14(13)18/h7-8,10-12,18H,2-6,9H2,1H3,(H,17,19). The summed E-state index contributed by atoms with van der Waals surface area (Å²) in [6.07, 6.45) is 9.02. The van der Waals surface area contributed by atoms with Crippen molar-refractivity contribution in [2.75, 3.05) is 6.54 Å². The van der Waals surface area contributed by atoms with Crippen molar-refractivity contribution in [1.29, 1.82) is 0 Å². The number of rotatable bonds is 4. The number of aromatic hydroxyl groups is 1. The van der Waals surface area contributed by atoms with E-state index in [1.807, 2.05) is 0 Å². The van der Waals surface area contributed by atoms with Crippen LogP contribution in [0.15, 0.2) is 18.5 Å². The minimum atomic E-state index is -0.211. The summed E-state index contributed by atoms with van der Waals surface area (Å²) in [5, 5.41) is 12.5. The molecule has 2 rings (SSSR count). The van der Waals surface area contributed by atoms with E-state index in [-0.39, 0.29) is 11.7 Å². The van der Waals surface area contributed by atoms with Gasteiger partial charge in [0.15, 0.2) is 0 Å². The highest BCUT2D eigenvalue weighted by Crippen LogP contribution is 2.30. The Balaban J connectivity index is 1.80. The minimum absolute atomic E-state index is 0.0605. The average Bonchev–Trinajstić information content (AvgIpc) is 2.46. The molecule has 1 saturated carbocycles. The maximum atomic E-state index is 11.9. The molecule has 0 aliphatic heterocycles. The van der Waals surface area contributed by atoms with E-state index in [4.69, 9.17) is 0 Å². The summed E-state index contributed by atoms with van der Waals surface area (Å²) in [4.78, 5) is 15.7. The van der Waals surface area contributed by atoms with Gasteiger partial charge in [-0.05, 0) is 30.7 Å². The van der Waals surface area contributed by atoms with Crippen molar-refractivity contribution in [3.8, 4) is 5.75 Å². The van der Waals surface area contributed by atoms with Crippen molar-refractivity contribution in [2.45, 2.75) is 39.0 Å². The molecule has 1 amide bonds. The SMILES string of the molecule is CCC1CCC(CNC(=O)c2ccncc2O)CC1. The fourth-order valence-corrected chi connectivity index (χ4v) is 2.75. The lowest BCUT2D eigenvalue weighted by atomic mass is 9.81. The molecule has 4 heteroatoms. The van der Waals surface area contributed by atoms with E-state index < -0.39 is 0 Å². The number of pyridine rings is 1. The van der Waals surface area contributed by atoms with Gasteiger partial charge in [-0.15, -0.1) is 0 Å². The van der Waals surface area contributed by atoms with Crippen LogP contribution in [-0.4, -0.2) is 22.5 Å². The van der Waals surface area contributed by atoms with Gasteiger partial charge in [-0.2, -0.15) is 0 Å². The van der Waals surface area contributed by atoms with Crippen LogP contribution in [0, 0.1) is 11.8 Å². The van der Waals surface area contributed by atoms with Crippen molar-refractivity contribution in [3.63, 3.8) is 0 Å². The van der Waals surface area contributed by atoms with Crippen molar-refractivity contribution in [1.82, 2.24) is 10.3 Å². The molecule has 19 heavy (non-hydrogen) atoms. The van der Waals surface area contributed by atoms with Gasteiger partial charge in [0.1, 0.15) is 5.75 Å². The fourth-order valence-electron chi connectivity index (χ4n) is 2.75. The molecular weight excluding hydrogens is 240 g/mol. The van der Waals surface area contributed by atoms with E-state index in [0.717, 1.165) is 5.92 Å². The third-order valence-electron chi connectivity index (χ3n) is 4.14. The Morgan fingerprint density at radius 3 is 2.68 bits per heavy atom. The smallest absolute Gasteiger partial charge is 0.255 e. The van der Waals surface area contributed by atoms with Gasteiger partial charge in [0.05, 0.1) is 11.8 Å². The quantitative estimate of drug-likeness (QED) is 0.877. The fraction of sp³-hybridized carbons (Fsp3) is 0.600. The first-order valence-corrected chi connectivity index (χ1v) is 7.11. The molecule has 2 N–H and O–H groups in total. The minimum Gasteiger partial charge on any atom is -0.505 e. The summed E-state index contributed by atoms with van der Waals surface area (Å²) < 4.78 is 0. The molecule has 0 radical (unpaired) electrons. The average molecular weight is 262 g/mol. The van der Waals surface area contributed by atoms with Crippen LogP contribution in [0.1, 0.15) is 49.4 Å². The third-order valence-corrected chi connectivity index (χ3v) is 4.14. The first kappa shape index (κ1) is 13.8. The van der Waals surface area contributed by atoms with Gasteiger partial charge in [0.2, 0.25) is 0 Å². The second-order valence-electron chi connectivity index (χ2n) is 5.40. The Hall–Kier alpha value is -1.58. The number of nitrogens with one attached hydrogen (secondary N) is 1. The third kappa shape index (κ3) is 3.69. The Kier molecular flexibility index (Phi) is 4.77. The molecule has 1 aliphatic carbocycles. The molecule has 4 nitrogen and oxygen atoms in total. The second-order valence-corrected chi connectivity index (χ2v) is 5.40. The molecule has 0 atom stereocenters. The Morgan fingerprint density at radius 1 is 1.37 bits per heavy atom. The molecular formula is C15H22N2O2.